The van der Waals surface area contributed by atoms with Gasteiger partial charge >= 0.3 is 12.1 Å². The van der Waals surface area contributed by atoms with Crippen LogP contribution in [0.3, 0.4) is 0 Å². The Balaban J connectivity index is 3.46. The van der Waals surface area contributed by atoms with Crippen LogP contribution in [0.15, 0.2) is 0 Å². The van der Waals surface area contributed by atoms with E-state index < -0.39 is 11.7 Å². The molecule has 0 saturated carbocycles. The van der Waals surface area contributed by atoms with E-state index in [9.17, 15) is 9.59 Å². The van der Waals surface area contributed by atoms with Gasteiger partial charge in [-0.25, -0.2) is 4.79 Å². The summed E-state index contributed by atoms with van der Waals surface area (Å²) in [6, 6.07) is 0. The van der Waals surface area contributed by atoms with Gasteiger partial charge < -0.3 is 14.8 Å². The summed E-state index contributed by atoms with van der Waals surface area (Å²) in [6.07, 6.45) is 0.416. The maximum atomic E-state index is 11.2. The third-order valence-electron chi connectivity index (χ3n) is 1.57. The quantitative estimate of drug-likeness (QED) is 0.435. The highest BCUT2D eigenvalue weighted by atomic mass is 32.1. The largest absolute Gasteiger partial charge is 0.466 e. The molecule has 100 valence electrons. The molecule has 0 aromatic rings. The molecule has 0 radical (unpaired) electrons. The summed E-state index contributed by atoms with van der Waals surface area (Å²) in [4.78, 5) is 22.2. The Labute approximate surface area is 108 Å². The number of hydrogen-bond donors (Lipinski definition) is 2. The fraction of sp³-hybridized carbons (Fsp3) is 0.818. The van der Waals surface area contributed by atoms with Crippen LogP contribution in [0.2, 0.25) is 0 Å². The highest BCUT2D eigenvalue weighted by Gasteiger charge is 2.15. The van der Waals surface area contributed by atoms with Gasteiger partial charge in [-0.2, -0.15) is 12.6 Å². The molecule has 0 aliphatic heterocycles. The number of thiol groups is 1. The SMILES string of the molecule is CC(C)(C)OC(=O)NCCCOC(=O)CCS. The lowest BCUT2D eigenvalue weighted by Gasteiger charge is -2.19. The number of nitrogens with one attached hydrogen (secondary N) is 1. The first-order valence-corrected chi connectivity index (χ1v) is 6.22. The molecule has 1 amide bonds. The zero-order chi connectivity index (χ0) is 13.3. The van der Waals surface area contributed by atoms with Gasteiger partial charge in [0.25, 0.3) is 0 Å². The highest BCUT2D eigenvalue weighted by Crippen LogP contribution is 2.06. The van der Waals surface area contributed by atoms with Crippen molar-refractivity contribution in [1.29, 1.82) is 0 Å². The van der Waals surface area contributed by atoms with Crippen molar-refractivity contribution in [3.63, 3.8) is 0 Å². The smallest absolute Gasteiger partial charge is 0.407 e. The van der Waals surface area contributed by atoms with Gasteiger partial charge in [0.15, 0.2) is 0 Å². The first-order valence-electron chi connectivity index (χ1n) is 5.58. The number of alkyl carbamates (subject to hydrolysis) is 1. The summed E-state index contributed by atoms with van der Waals surface area (Å²) in [5.74, 6) is 0.215. The van der Waals surface area contributed by atoms with Crippen LogP contribution in [-0.4, -0.2) is 36.6 Å². The Hall–Kier alpha value is -0.910. The third-order valence-corrected chi connectivity index (χ3v) is 1.79. The molecule has 0 aromatic heterocycles. The van der Waals surface area contributed by atoms with Crippen molar-refractivity contribution in [2.45, 2.75) is 39.2 Å². The summed E-state index contributed by atoms with van der Waals surface area (Å²) in [6.45, 7) is 6.11. The van der Waals surface area contributed by atoms with Crippen LogP contribution in [0.25, 0.3) is 0 Å². The van der Waals surface area contributed by atoms with Gasteiger partial charge in [-0.05, 0) is 27.2 Å². The van der Waals surface area contributed by atoms with E-state index in [0.717, 1.165) is 0 Å². The second-order valence-corrected chi connectivity index (χ2v) is 4.92. The molecule has 0 aromatic carbocycles. The summed E-state index contributed by atoms with van der Waals surface area (Å²) in [7, 11) is 0. The van der Waals surface area contributed by atoms with E-state index in [1.165, 1.54) is 0 Å². The maximum absolute atomic E-state index is 11.2. The summed E-state index contributed by atoms with van der Waals surface area (Å²) in [5, 5.41) is 2.58. The predicted molar refractivity (Wildman–Crippen MR) is 68.3 cm³/mol. The minimum Gasteiger partial charge on any atom is -0.466 e. The molecule has 0 spiro atoms. The van der Waals surface area contributed by atoms with E-state index in [4.69, 9.17) is 9.47 Å². The van der Waals surface area contributed by atoms with Crippen molar-refractivity contribution in [2.75, 3.05) is 18.9 Å². The molecule has 0 unspecified atom stereocenters. The van der Waals surface area contributed by atoms with E-state index in [-0.39, 0.29) is 5.97 Å². The van der Waals surface area contributed by atoms with Crippen molar-refractivity contribution in [3.05, 3.63) is 0 Å². The van der Waals surface area contributed by atoms with Crippen LogP contribution >= 0.6 is 12.6 Å². The predicted octanol–water partition coefficient (Wildman–Crippen LogP) is 1.76. The van der Waals surface area contributed by atoms with Crippen molar-refractivity contribution >= 4 is 24.7 Å². The van der Waals surface area contributed by atoms with Gasteiger partial charge in [0, 0.05) is 12.3 Å². The van der Waals surface area contributed by atoms with Crippen molar-refractivity contribution in [1.82, 2.24) is 5.32 Å². The number of carbonyl (C=O) groups is 2. The molecule has 17 heavy (non-hydrogen) atoms. The number of amides is 1. The lowest BCUT2D eigenvalue weighted by molar-refractivity contribution is -0.143. The molecule has 5 nitrogen and oxygen atoms in total. The number of ether oxygens (including phenoxy) is 2. The Kier molecular flexibility index (Phi) is 7.78. The Morgan fingerprint density at radius 1 is 1.29 bits per heavy atom. The van der Waals surface area contributed by atoms with Crippen LogP contribution in [0.4, 0.5) is 4.79 Å². The van der Waals surface area contributed by atoms with E-state index in [1.54, 1.807) is 20.8 Å². The normalized spacial score (nSPS) is 10.8. The molecule has 0 heterocycles. The topological polar surface area (TPSA) is 64.6 Å². The van der Waals surface area contributed by atoms with E-state index in [1.807, 2.05) is 0 Å². The molecule has 0 fully saturated rings. The molecule has 6 heteroatoms. The lowest BCUT2D eigenvalue weighted by Crippen LogP contribution is -2.33. The molecule has 0 aliphatic carbocycles. The number of carbonyl (C=O) groups excluding carboxylic acids is 2. The zero-order valence-electron chi connectivity index (χ0n) is 10.6. The van der Waals surface area contributed by atoms with Gasteiger partial charge in [-0.3, -0.25) is 4.79 Å². The maximum Gasteiger partial charge on any atom is 0.407 e. The lowest BCUT2D eigenvalue weighted by atomic mass is 10.2. The minimum absolute atomic E-state index is 0.266. The van der Waals surface area contributed by atoms with Gasteiger partial charge in [-0.15, -0.1) is 0 Å². The second-order valence-electron chi connectivity index (χ2n) is 4.48. The zero-order valence-corrected chi connectivity index (χ0v) is 11.5. The van der Waals surface area contributed by atoms with Crippen molar-refractivity contribution < 1.29 is 19.1 Å². The number of esters is 1. The third kappa shape index (κ3) is 11.4. The molecule has 0 bridgehead atoms. The van der Waals surface area contributed by atoms with Crippen molar-refractivity contribution in [3.8, 4) is 0 Å². The summed E-state index contributed by atoms with van der Waals surface area (Å²) >= 11 is 3.92. The Morgan fingerprint density at radius 3 is 2.47 bits per heavy atom. The molecular formula is C11H21NO4S. The average Bonchev–Trinajstić information content (AvgIpc) is 2.14. The first kappa shape index (κ1) is 16.1. The van der Waals surface area contributed by atoms with E-state index in [2.05, 4.69) is 17.9 Å². The monoisotopic (exact) mass is 263 g/mol. The van der Waals surface area contributed by atoms with E-state index >= 15 is 0 Å². The number of rotatable bonds is 6. The summed E-state index contributed by atoms with van der Waals surface area (Å²) in [5.41, 5.74) is -0.497. The van der Waals surface area contributed by atoms with Crippen LogP contribution in [0.5, 0.6) is 0 Å². The molecule has 1 N–H and O–H groups in total. The highest BCUT2D eigenvalue weighted by molar-refractivity contribution is 7.80. The van der Waals surface area contributed by atoms with Crippen molar-refractivity contribution in [2.24, 2.45) is 0 Å². The fourth-order valence-corrected chi connectivity index (χ4v) is 1.11. The molecule has 0 atom stereocenters. The Morgan fingerprint density at radius 2 is 1.94 bits per heavy atom. The summed E-state index contributed by atoms with van der Waals surface area (Å²) < 4.78 is 9.92. The molecule has 0 aliphatic rings. The van der Waals surface area contributed by atoms with Gasteiger partial charge in [-0.1, -0.05) is 0 Å². The van der Waals surface area contributed by atoms with E-state index in [0.29, 0.717) is 31.7 Å². The second kappa shape index (κ2) is 8.22. The van der Waals surface area contributed by atoms with Crippen LogP contribution in [0.1, 0.15) is 33.6 Å². The van der Waals surface area contributed by atoms with Gasteiger partial charge in [0.05, 0.1) is 13.0 Å². The van der Waals surface area contributed by atoms with Crippen LogP contribution in [-0.2, 0) is 14.3 Å². The average molecular weight is 263 g/mol. The first-order chi connectivity index (χ1) is 7.85. The molecule has 0 saturated heterocycles. The molecular weight excluding hydrogens is 242 g/mol. The van der Waals surface area contributed by atoms with Gasteiger partial charge in [0.2, 0.25) is 0 Å². The fourth-order valence-electron chi connectivity index (χ4n) is 0.926. The van der Waals surface area contributed by atoms with Crippen LogP contribution < -0.4 is 5.32 Å². The number of hydrogen-bond acceptors (Lipinski definition) is 5. The molecule has 0 rings (SSSR count). The van der Waals surface area contributed by atoms with Crippen LogP contribution in [0, 0.1) is 0 Å². The standard InChI is InChI=1S/C11H21NO4S/c1-11(2,3)16-10(14)12-6-4-7-15-9(13)5-8-17/h17H,4-8H2,1-3H3,(H,12,14). The van der Waals surface area contributed by atoms with Gasteiger partial charge in [0.1, 0.15) is 5.60 Å². The Bertz CT molecular complexity index is 250. The minimum atomic E-state index is -0.497.